The number of aromatic nitrogens is 3. The predicted octanol–water partition coefficient (Wildman–Crippen LogP) is 3.53. The van der Waals surface area contributed by atoms with Crippen LogP contribution < -0.4 is 10.1 Å². The van der Waals surface area contributed by atoms with E-state index in [1.807, 2.05) is 67.1 Å². The fourth-order valence-corrected chi connectivity index (χ4v) is 3.19. The molecule has 0 spiro atoms. The van der Waals surface area contributed by atoms with Crippen LogP contribution in [0.15, 0.2) is 53.7 Å². The first kappa shape index (κ1) is 18.0. The summed E-state index contributed by atoms with van der Waals surface area (Å²) in [6, 6.07) is 15.3. The molecular weight excluding hydrogens is 348 g/mol. The first-order valence-corrected chi connectivity index (χ1v) is 9.09. The number of rotatable bonds is 6. The van der Waals surface area contributed by atoms with Crippen LogP contribution in [0.3, 0.4) is 0 Å². The van der Waals surface area contributed by atoms with Crippen LogP contribution in [0.2, 0.25) is 0 Å². The molecule has 1 N–H and O–H groups in total. The van der Waals surface area contributed by atoms with E-state index >= 15 is 0 Å². The zero-order valence-corrected chi connectivity index (χ0v) is 15.7. The van der Waals surface area contributed by atoms with Crippen molar-refractivity contribution in [3.8, 4) is 17.1 Å². The molecule has 1 heterocycles. The van der Waals surface area contributed by atoms with Crippen LogP contribution in [0.25, 0.3) is 11.4 Å². The van der Waals surface area contributed by atoms with Crippen LogP contribution in [0, 0.1) is 6.92 Å². The lowest BCUT2D eigenvalue weighted by atomic mass is 10.2. The number of benzene rings is 2. The number of nitrogens with one attached hydrogen (secondary N) is 1. The van der Waals surface area contributed by atoms with E-state index in [4.69, 9.17) is 4.74 Å². The molecule has 0 saturated carbocycles. The molecule has 26 heavy (non-hydrogen) atoms. The third kappa shape index (κ3) is 4.05. The number of carbonyl (C=O) groups is 1. The van der Waals surface area contributed by atoms with Gasteiger partial charge in [-0.25, -0.2) is 0 Å². The van der Waals surface area contributed by atoms with E-state index in [0.717, 1.165) is 28.4 Å². The monoisotopic (exact) mass is 368 g/mol. The number of aryl methyl sites for hydroxylation is 1. The minimum absolute atomic E-state index is 0.0739. The summed E-state index contributed by atoms with van der Waals surface area (Å²) >= 11 is 1.35. The molecule has 1 amide bonds. The number of ether oxygens (including phenoxy) is 1. The highest BCUT2D eigenvalue weighted by Gasteiger charge is 2.14. The third-order valence-electron chi connectivity index (χ3n) is 3.91. The van der Waals surface area contributed by atoms with Gasteiger partial charge in [0.05, 0.1) is 12.9 Å². The van der Waals surface area contributed by atoms with Crippen molar-refractivity contribution in [2.45, 2.75) is 12.1 Å². The molecule has 0 radical (unpaired) electrons. The zero-order chi connectivity index (χ0) is 18.5. The standard InChI is InChI=1S/C19H20N4O2S/c1-13-7-4-5-10-16(13)20-17(24)12-26-19-22-21-18(23(19)2)14-8-6-9-15(11-14)25-3/h4-11H,12H2,1-3H3,(H,20,24). The topological polar surface area (TPSA) is 69.0 Å². The normalized spacial score (nSPS) is 10.6. The molecule has 1 aromatic heterocycles. The van der Waals surface area contributed by atoms with E-state index in [1.165, 1.54) is 11.8 Å². The summed E-state index contributed by atoms with van der Waals surface area (Å²) in [5.41, 5.74) is 2.77. The van der Waals surface area contributed by atoms with Gasteiger partial charge in [-0.2, -0.15) is 0 Å². The highest BCUT2D eigenvalue weighted by molar-refractivity contribution is 7.99. The lowest BCUT2D eigenvalue weighted by molar-refractivity contribution is -0.113. The number of amides is 1. The molecule has 0 unspecified atom stereocenters. The Morgan fingerprint density at radius 3 is 2.77 bits per heavy atom. The van der Waals surface area contributed by atoms with Crippen molar-refractivity contribution >= 4 is 23.4 Å². The van der Waals surface area contributed by atoms with Crippen molar-refractivity contribution < 1.29 is 9.53 Å². The van der Waals surface area contributed by atoms with Crippen molar-refractivity contribution in [2.75, 3.05) is 18.2 Å². The molecule has 2 aromatic carbocycles. The minimum atomic E-state index is -0.0739. The van der Waals surface area contributed by atoms with Gasteiger partial charge in [0, 0.05) is 18.3 Å². The van der Waals surface area contributed by atoms with Crippen LogP contribution in [0.5, 0.6) is 5.75 Å². The first-order chi connectivity index (χ1) is 12.6. The summed E-state index contributed by atoms with van der Waals surface area (Å²) in [7, 11) is 3.51. The Labute approximate surface area is 156 Å². The van der Waals surface area contributed by atoms with E-state index < -0.39 is 0 Å². The molecular formula is C19H20N4O2S. The number of hydrogen-bond donors (Lipinski definition) is 1. The average Bonchev–Trinajstić information content (AvgIpc) is 3.02. The molecule has 134 valence electrons. The summed E-state index contributed by atoms with van der Waals surface area (Å²) in [6.07, 6.45) is 0. The number of para-hydroxylation sites is 1. The quantitative estimate of drug-likeness (QED) is 0.674. The lowest BCUT2D eigenvalue weighted by Crippen LogP contribution is -2.15. The Morgan fingerprint density at radius 1 is 1.19 bits per heavy atom. The minimum Gasteiger partial charge on any atom is -0.497 e. The summed E-state index contributed by atoms with van der Waals surface area (Å²) in [5, 5.41) is 12.0. The molecule has 0 aliphatic carbocycles. The molecule has 3 rings (SSSR count). The van der Waals surface area contributed by atoms with Crippen LogP contribution in [-0.2, 0) is 11.8 Å². The van der Waals surface area contributed by atoms with Crippen LogP contribution in [-0.4, -0.2) is 33.5 Å². The Morgan fingerprint density at radius 2 is 2.00 bits per heavy atom. The smallest absolute Gasteiger partial charge is 0.234 e. The lowest BCUT2D eigenvalue weighted by Gasteiger charge is -2.08. The van der Waals surface area contributed by atoms with E-state index in [-0.39, 0.29) is 11.7 Å². The zero-order valence-electron chi connectivity index (χ0n) is 14.9. The van der Waals surface area contributed by atoms with Gasteiger partial charge in [-0.05, 0) is 30.7 Å². The number of thioether (sulfide) groups is 1. The molecule has 6 nitrogen and oxygen atoms in total. The molecule has 7 heteroatoms. The van der Waals surface area contributed by atoms with Gasteiger partial charge in [-0.1, -0.05) is 42.1 Å². The highest BCUT2D eigenvalue weighted by Crippen LogP contribution is 2.25. The number of nitrogens with zero attached hydrogens (tertiary/aromatic N) is 3. The van der Waals surface area contributed by atoms with E-state index in [2.05, 4.69) is 15.5 Å². The van der Waals surface area contributed by atoms with Crippen molar-refractivity contribution in [1.82, 2.24) is 14.8 Å². The van der Waals surface area contributed by atoms with Gasteiger partial charge in [-0.3, -0.25) is 4.79 Å². The number of methoxy groups -OCH3 is 1. The third-order valence-corrected chi connectivity index (χ3v) is 4.93. The summed E-state index contributed by atoms with van der Waals surface area (Å²) in [6.45, 7) is 1.96. The number of hydrogen-bond acceptors (Lipinski definition) is 5. The van der Waals surface area contributed by atoms with Gasteiger partial charge in [0.1, 0.15) is 5.75 Å². The molecule has 0 aliphatic heterocycles. The van der Waals surface area contributed by atoms with E-state index in [0.29, 0.717) is 5.16 Å². The second-order valence-electron chi connectivity index (χ2n) is 5.75. The summed E-state index contributed by atoms with van der Waals surface area (Å²) in [5.74, 6) is 1.68. The maximum absolute atomic E-state index is 12.2. The van der Waals surface area contributed by atoms with Gasteiger partial charge in [0.2, 0.25) is 5.91 Å². The predicted molar refractivity (Wildman–Crippen MR) is 104 cm³/mol. The highest BCUT2D eigenvalue weighted by atomic mass is 32.2. The Balaban J connectivity index is 1.67. The summed E-state index contributed by atoms with van der Waals surface area (Å²) < 4.78 is 7.13. The van der Waals surface area contributed by atoms with Gasteiger partial charge in [0.25, 0.3) is 0 Å². The van der Waals surface area contributed by atoms with Gasteiger partial charge in [-0.15, -0.1) is 10.2 Å². The molecule has 3 aromatic rings. The molecule has 0 fully saturated rings. The molecule has 0 aliphatic rings. The Bertz CT molecular complexity index is 923. The largest absolute Gasteiger partial charge is 0.497 e. The van der Waals surface area contributed by atoms with Crippen LogP contribution >= 0.6 is 11.8 Å². The maximum atomic E-state index is 12.2. The van der Waals surface area contributed by atoms with Gasteiger partial charge in [0.15, 0.2) is 11.0 Å². The number of anilines is 1. The fraction of sp³-hybridized carbons (Fsp3) is 0.211. The SMILES string of the molecule is COc1cccc(-c2nnc(SCC(=O)Nc3ccccc3C)n2C)c1. The Hall–Kier alpha value is -2.80. The van der Waals surface area contributed by atoms with Crippen LogP contribution in [0.4, 0.5) is 5.69 Å². The van der Waals surface area contributed by atoms with Crippen molar-refractivity contribution in [3.63, 3.8) is 0 Å². The van der Waals surface area contributed by atoms with Gasteiger partial charge >= 0.3 is 0 Å². The molecule has 0 saturated heterocycles. The van der Waals surface area contributed by atoms with Crippen molar-refractivity contribution in [1.29, 1.82) is 0 Å². The van der Waals surface area contributed by atoms with Crippen LogP contribution in [0.1, 0.15) is 5.56 Å². The fourth-order valence-electron chi connectivity index (χ4n) is 2.48. The second kappa shape index (κ2) is 8.05. The second-order valence-corrected chi connectivity index (χ2v) is 6.69. The van der Waals surface area contributed by atoms with Crippen molar-refractivity contribution in [3.05, 3.63) is 54.1 Å². The van der Waals surface area contributed by atoms with E-state index in [1.54, 1.807) is 7.11 Å². The summed E-state index contributed by atoms with van der Waals surface area (Å²) in [4.78, 5) is 12.2. The Kier molecular flexibility index (Phi) is 5.58. The molecule has 0 bridgehead atoms. The van der Waals surface area contributed by atoms with E-state index in [9.17, 15) is 4.79 Å². The molecule has 0 atom stereocenters. The number of carbonyl (C=O) groups excluding carboxylic acids is 1. The van der Waals surface area contributed by atoms with Crippen molar-refractivity contribution in [2.24, 2.45) is 7.05 Å². The van der Waals surface area contributed by atoms with Gasteiger partial charge < -0.3 is 14.6 Å². The maximum Gasteiger partial charge on any atom is 0.234 e. The average molecular weight is 368 g/mol. The first-order valence-electron chi connectivity index (χ1n) is 8.10.